The van der Waals surface area contributed by atoms with Crippen LogP contribution in [0.2, 0.25) is 5.02 Å². The third kappa shape index (κ3) is 4.61. The Balaban J connectivity index is 2.11. The molecule has 128 valence electrons. The molecule has 0 saturated heterocycles. The minimum atomic E-state index is -0.315. The molecule has 0 aliphatic carbocycles. The number of rotatable bonds is 7. The van der Waals surface area contributed by atoms with Gasteiger partial charge in [0.2, 0.25) is 0 Å². The lowest BCUT2D eigenvalue weighted by Gasteiger charge is -2.14. The molecule has 0 aromatic heterocycles. The number of nitrogens with one attached hydrogen (secondary N) is 1. The molecule has 2 aromatic rings. The van der Waals surface area contributed by atoms with Gasteiger partial charge in [0, 0.05) is 12.1 Å². The van der Waals surface area contributed by atoms with E-state index in [1.165, 1.54) is 25.3 Å². The fourth-order valence-corrected chi connectivity index (χ4v) is 2.35. The van der Waals surface area contributed by atoms with Crippen LogP contribution in [0.5, 0.6) is 11.5 Å². The van der Waals surface area contributed by atoms with Gasteiger partial charge < -0.3 is 14.8 Å². The molecule has 0 saturated carbocycles. The summed E-state index contributed by atoms with van der Waals surface area (Å²) in [7, 11) is 1.49. The van der Waals surface area contributed by atoms with Crippen LogP contribution in [-0.4, -0.2) is 19.6 Å². The molecule has 0 unspecified atom stereocenters. The minimum Gasteiger partial charge on any atom is -0.493 e. The highest BCUT2D eigenvalue weighted by atomic mass is 35.5. The van der Waals surface area contributed by atoms with Crippen LogP contribution in [-0.2, 0) is 6.54 Å². The second-order valence-corrected chi connectivity index (χ2v) is 5.55. The Hall–Kier alpha value is -2.27. The maximum absolute atomic E-state index is 12.9. The Morgan fingerprint density at radius 1 is 1.25 bits per heavy atom. The van der Waals surface area contributed by atoms with Crippen LogP contribution in [0.15, 0.2) is 36.4 Å². The van der Waals surface area contributed by atoms with Gasteiger partial charge in [-0.15, -0.1) is 0 Å². The SMILES string of the molecule is CCCOc1c(Cl)cc(C(=O)NCc2ccc(F)cc2)cc1OC. The summed E-state index contributed by atoms with van der Waals surface area (Å²) in [4.78, 5) is 12.3. The molecule has 0 atom stereocenters. The summed E-state index contributed by atoms with van der Waals surface area (Å²) in [6.45, 7) is 2.77. The van der Waals surface area contributed by atoms with E-state index in [1.54, 1.807) is 18.2 Å². The van der Waals surface area contributed by atoms with Crippen molar-refractivity contribution in [2.45, 2.75) is 19.9 Å². The molecule has 0 heterocycles. The van der Waals surface area contributed by atoms with E-state index in [1.807, 2.05) is 6.92 Å². The lowest BCUT2D eigenvalue weighted by molar-refractivity contribution is 0.0950. The lowest BCUT2D eigenvalue weighted by Crippen LogP contribution is -2.22. The number of halogens is 2. The molecule has 2 rings (SSSR count). The fraction of sp³-hybridized carbons (Fsp3) is 0.278. The molecule has 0 spiro atoms. The van der Waals surface area contributed by atoms with E-state index in [0.717, 1.165) is 12.0 Å². The molecule has 0 aliphatic heterocycles. The topological polar surface area (TPSA) is 47.6 Å². The third-order valence-corrected chi connectivity index (χ3v) is 3.59. The number of amides is 1. The van der Waals surface area contributed by atoms with Gasteiger partial charge in [-0.3, -0.25) is 4.79 Å². The second kappa shape index (κ2) is 8.55. The van der Waals surface area contributed by atoms with Crippen LogP contribution in [0.3, 0.4) is 0 Å². The van der Waals surface area contributed by atoms with E-state index in [9.17, 15) is 9.18 Å². The van der Waals surface area contributed by atoms with E-state index < -0.39 is 0 Å². The predicted molar refractivity (Wildman–Crippen MR) is 91.4 cm³/mol. The summed E-state index contributed by atoms with van der Waals surface area (Å²) in [5.74, 6) is 0.213. The highest BCUT2D eigenvalue weighted by molar-refractivity contribution is 6.32. The number of hydrogen-bond acceptors (Lipinski definition) is 3. The van der Waals surface area contributed by atoms with Gasteiger partial charge in [-0.1, -0.05) is 30.7 Å². The van der Waals surface area contributed by atoms with Gasteiger partial charge in [0.25, 0.3) is 5.91 Å². The van der Waals surface area contributed by atoms with Crippen molar-refractivity contribution in [3.63, 3.8) is 0 Å². The molecule has 1 N–H and O–H groups in total. The Morgan fingerprint density at radius 2 is 1.96 bits per heavy atom. The van der Waals surface area contributed by atoms with E-state index in [2.05, 4.69) is 5.32 Å². The summed E-state index contributed by atoms with van der Waals surface area (Å²) < 4.78 is 23.7. The standard InChI is InChI=1S/C18H19ClFNO3/c1-3-8-24-17-15(19)9-13(10-16(17)23-2)18(22)21-11-12-4-6-14(20)7-5-12/h4-7,9-10H,3,8,11H2,1-2H3,(H,21,22). The molecule has 1 amide bonds. The smallest absolute Gasteiger partial charge is 0.251 e. The number of hydrogen-bond donors (Lipinski definition) is 1. The molecule has 0 bridgehead atoms. The molecule has 0 aliphatic rings. The highest BCUT2D eigenvalue weighted by Crippen LogP contribution is 2.36. The van der Waals surface area contributed by atoms with Gasteiger partial charge in [0.05, 0.1) is 18.7 Å². The summed E-state index contributed by atoms with van der Waals surface area (Å²) >= 11 is 6.20. The maximum atomic E-state index is 12.9. The average Bonchev–Trinajstić information content (AvgIpc) is 2.59. The first kappa shape index (κ1) is 18.1. The van der Waals surface area contributed by atoms with Crippen molar-refractivity contribution in [1.29, 1.82) is 0 Å². The van der Waals surface area contributed by atoms with Crippen molar-refractivity contribution in [3.05, 3.63) is 58.4 Å². The van der Waals surface area contributed by atoms with Crippen LogP contribution in [0.1, 0.15) is 29.3 Å². The number of benzene rings is 2. The molecule has 0 radical (unpaired) electrons. The quantitative estimate of drug-likeness (QED) is 0.813. The van der Waals surface area contributed by atoms with Crippen LogP contribution in [0.25, 0.3) is 0 Å². The zero-order chi connectivity index (χ0) is 17.5. The van der Waals surface area contributed by atoms with Gasteiger partial charge in [0.1, 0.15) is 5.82 Å². The van der Waals surface area contributed by atoms with Crippen molar-refractivity contribution in [2.24, 2.45) is 0 Å². The van der Waals surface area contributed by atoms with Crippen molar-refractivity contribution in [2.75, 3.05) is 13.7 Å². The van der Waals surface area contributed by atoms with Crippen LogP contribution in [0, 0.1) is 5.82 Å². The third-order valence-electron chi connectivity index (χ3n) is 3.31. The number of carbonyl (C=O) groups excluding carboxylic acids is 1. The van der Waals surface area contributed by atoms with Gasteiger partial charge in [-0.2, -0.15) is 0 Å². The minimum absolute atomic E-state index is 0.285. The number of carbonyl (C=O) groups is 1. The van der Waals surface area contributed by atoms with E-state index in [0.29, 0.717) is 28.7 Å². The van der Waals surface area contributed by atoms with Gasteiger partial charge in [-0.25, -0.2) is 4.39 Å². The Bertz CT molecular complexity index is 704. The molecule has 2 aromatic carbocycles. The summed E-state index contributed by atoms with van der Waals surface area (Å²) in [5.41, 5.74) is 1.16. The summed E-state index contributed by atoms with van der Waals surface area (Å²) in [5, 5.41) is 3.07. The van der Waals surface area contributed by atoms with Crippen molar-refractivity contribution in [1.82, 2.24) is 5.32 Å². The molecular weight excluding hydrogens is 333 g/mol. The van der Waals surface area contributed by atoms with Crippen molar-refractivity contribution in [3.8, 4) is 11.5 Å². The summed E-state index contributed by atoms with van der Waals surface area (Å²) in [6.07, 6.45) is 0.833. The first-order valence-corrected chi connectivity index (χ1v) is 7.96. The van der Waals surface area contributed by atoms with Crippen molar-refractivity contribution >= 4 is 17.5 Å². The maximum Gasteiger partial charge on any atom is 0.251 e. The Morgan fingerprint density at radius 3 is 2.58 bits per heavy atom. The molecule has 24 heavy (non-hydrogen) atoms. The van der Waals surface area contributed by atoms with Crippen molar-refractivity contribution < 1.29 is 18.7 Å². The van der Waals surface area contributed by atoms with E-state index >= 15 is 0 Å². The highest BCUT2D eigenvalue weighted by Gasteiger charge is 2.15. The molecule has 6 heteroatoms. The van der Waals surface area contributed by atoms with Crippen LogP contribution < -0.4 is 14.8 Å². The van der Waals surface area contributed by atoms with E-state index in [-0.39, 0.29) is 18.3 Å². The number of methoxy groups -OCH3 is 1. The monoisotopic (exact) mass is 351 g/mol. The van der Waals surface area contributed by atoms with Gasteiger partial charge in [0.15, 0.2) is 11.5 Å². The molecule has 0 fully saturated rings. The summed E-state index contributed by atoms with van der Waals surface area (Å²) in [6, 6.07) is 9.05. The zero-order valence-electron chi connectivity index (χ0n) is 13.6. The first-order chi connectivity index (χ1) is 11.5. The molecule has 4 nitrogen and oxygen atoms in total. The van der Waals surface area contributed by atoms with Gasteiger partial charge >= 0.3 is 0 Å². The zero-order valence-corrected chi connectivity index (χ0v) is 14.3. The second-order valence-electron chi connectivity index (χ2n) is 5.15. The Kier molecular flexibility index (Phi) is 6.44. The van der Waals surface area contributed by atoms with Gasteiger partial charge in [-0.05, 0) is 36.2 Å². The fourth-order valence-electron chi connectivity index (χ4n) is 2.08. The largest absolute Gasteiger partial charge is 0.493 e. The lowest BCUT2D eigenvalue weighted by atomic mass is 10.1. The average molecular weight is 352 g/mol. The predicted octanol–water partition coefficient (Wildman–Crippen LogP) is 4.21. The molecular formula is C18H19ClFNO3. The van der Waals surface area contributed by atoms with Crippen LogP contribution in [0.4, 0.5) is 4.39 Å². The van der Waals surface area contributed by atoms with Crippen LogP contribution >= 0.6 is 11.6 Å². The number of ether oxygens (including phenoxy) is 2. The first-order valence-electron chi connectivity index (χ1n) is 7.58. The normalized spacial score (nSPS) is 10.3. The Labute approximate surface area is 145 Å². The van der Waals surface area contributed by atoms with E-state index in [4.69, 9.17) is 21.1 Å².